The molecule has 1 aromatic carbocycles. The second kappa shape index (κ2) is 8.76. The highest BCUT2D eigenvalue weighted by molar-refractivity contribution is 7.15. The van der Waals surface area contributed by atoms with Crippen molar-refractivity contribution in [3.8, 4) is 0 Å². The van der Waals surface area contributed by atoms with Gasteiger partial charge in [-0.15, -0.1) is 10.2 Å². The van der Waals surface area contributed by atoms with Crippen molar-refractivity contribution in [3.05, 3.63) is 41.0 Å². The van der Waals surface area contributed by atoms with Crippen LogP contribution in [0.1, 0.15) is 49.6 Å². The van der Waals surface area contributed by atoms with E-state index in [1.54, 1.807) is 0 Å². The predicted molar refractivity (Wildman–Crippen MR) is 103 cm³/mol. The highest BCUT2D eigenvalue weighted by atomic mass is 32.1. The van der Waals surface area contributed by atoms with Crippen LogP contribution >= 0.6 is 11.3 Å². The number of para-hydroxylation sites is 1. The number of nitrogens with zero attached hydrogens (tertiary/aromatic N) is 2. The van der Waals surface area contributed by atoms with Crippen molar-refractivity contribution < 1.29 is 4.79 Å². The van der Waals surface area contributed by atoms with Crippen molar-refractivity contribution in [2.75, 3.05) is 5.32 Å². The van der Waals surface area contributed by atoms with Gasteiger partial charge < -0.3 is 10.3 Å². The normalized spacial score (nSPS) is 11.1. The Kier molecular flexibility index (Phi) is 6.17. The SMILES string of the molecule is CCCCCc1nnc(NC(=O)CCCc2c[nH]c3ccccc23)s1. The Hall–Kier alpha value is -2.21. The fourth-order valence-electron chi connectivity index (χ4n) is 2.89. The second-order valence-electron chi connectivity index (χ2n) is 6.22. The number of hydrogen-bond donors (Lipinski definition) is 2. The van der Waals surface area contributed by atoms with Crippen molar-refractivity contribution in [3.63, 3.8) is 0 Å². The molecule has 0 saturated carbocycles. The zero-order chi connectivity index (χ0) is 17.5. The van der Waals surface area contributed by atoms with Crippen LogP contribution in [-0.4, -0.2) is 21.1 Å². The summed E-state index contributed by atoms with van der Waals surface area (Å²) in [6.45, 7) is 2.18. The number of amides is 1. The number of aromatic amines is 1. The van der Waals surface area contributed by atoms with E-state index in [2.05, 4.69) is 39.6 Å². The van der Waals surface area contributed by atoms with Gasteiger partial charge in [0.05, 0.1) is 0 Å². The van der Waals surface area contributed by atoms with Gasteiger partial charge in [-0.3, -0.25) is 4.79 Å². The molecule has 0 aliphatic rings. The fraction of sp³-hybridized carbons (Fsp3) is 0.421. The monoisotopic (exact) mass is 356 g/mol. The molecule has 0 radical (unpaired) electrons. The van der Waals surface area contributed by atoms with Crippen molar-refractivity contribution in [2.24, 2.45) is 0 Å². The lowest BCUT2D eigenvalue weighted by Gasteiger charge is -2.01. The third-order valence-electron chi connectivity index (χ3n) is 4.23. The van der Waals surface area contributed by atoms with Crippen LogP contribution in [0.15, 0.2) is 30.5 Å². The lowest BCUT2D eigenvalue weighted by Crippen LogP contribution is -2.11. The first-order valence-electron chi connectivity index (χ1n) is 8.93. The largest absolute Gasteiger partial charge is 0.361 e. The van der Waals surface area contributed by atoms with Gasteiger partial charge in [0, 0.05) is 29.9 Å². The lowest BCUT2D eigenvalue weighted by molar-refractivity contribution is -0.116. The molecule has 2 N–H and O–H groups in total. The molecule has 2 heterocycles. The summed E-state index contributed by atoms with van der Waals surface area (Å²) >= 11 is 1.49. The Labute approximate surface area is 151 Å². The molecule has 0 unspecified atom stereocenters. The molecule has 6 heteroatoms. The van der Waals surface area contributed by atoms with Gasteiger partial charge >= 0.3 is 0 Å². The molecule has 1 amide bonds. The molecule has 2 aromatic heterocycles. The van der Waals surface area contributed by atoms with Gasteiger partial charge in [-0.25, -0.2) is 0 Å². The Balaban J connectivity index is 1.44. The van der Waals surface area contributed by atoms with Crippen LogP contribution in [0.4, 0.5) is 5.13 Å². The first-order valence-corrected chi connectivity index (χ1v) is 9.75. The number of unbranched alkanes of at least 4 members (excludes halogenated alkanes) is 2. The Bertz CT molecular complexity index is 824. The quantitative estimate of drug-likeness (QED) is 0.545. The molecule has 3 rings (SSSR count). The molecule has 0 aliphatic carbocycles. The van der Waals surface area contributed by atoms with E-state index in [9.17, 15) is 4.79 Å². The number of H-pyrrole nitrogens is 1. The van der Waals surface area contributed by atoms with Gasteiger partial charge in [0.25, 0.3) is 0 Å². The molecule has 5 nitrogen and oxygen atoms in total. The summed E-state index contributed by atoms with van der Waals surface area (Å²) in [6.07, 6.45) is 8.70. The molecule has 0 spiro atoms. The van der Waals surface area contributed by atoms with Crippen LogP contribution in [0.2, 0.25) is 0 Å². The Morgan fingerprint density at radius 1 is 1.16 bits per heavy atom. The maximum absolute atomic E-state index is 12.1. The van der Waals surface area contributed by atoms with E-state index in [0.717, 1.165) is 36.2 Å². The zero-order valence-electron chi connectivity index (χ0n) is 14.5. The fourth-order valence-corrected chi connectivity index (χ4v) is 3.69. The molecular weight excluding hydrogens is 332 g/mol. The van der Waals surface area contributed by atoms with E-state index < -0.39 is 0 Å². The number of hydrogen-bond acceptors (Lipinski definition) is 4. The summed E-state index contributed by atoms with van der Waals surface area (Å²) in [7, 11) is 0. The highest BCUT2D eigenvalue weighted by Crippen LogP contribution is 2.20. The minimum Gasteiger partial charge on any atom is -0.361 e. The smallest absolute Gasteiger partial charge is 0.226 e. The van der Waals surface area contributed by atoms with E-state index in [4.69, 9.17) is 0 Å². The number of fused-ring (bicyclic) bond motifs is 1. The van der Waals surface area contributed by atoms with Crippen LogP contribution in [-0.2, 0) is 17.6 Å². The van der Waals surface area contributed by atoms with Crippen molar-refractivity contribution in [1.29, 1.82) is 0 Å². The minimum absolute atomic E-state index is 0.0103. The number of carbonyl (C=O) groups is 1. The van der Waals surface area contributed by atoms with Crippen LogP contribution < -0.4 is 5.32 Å². The van der Waals surface area contributed by atoms with E-state index in [1.807, 2.05) is 18.3 Å². The highest BCUT2D eigenvalue weighted by Gasteiger charge is 2.09. The summed E-state index contributed by atoms with van der Waals surface area (Å²) in [4.78, 5) is 15.4. The molecule has 3 aromatic rings. The minimum atomic E-state index is 0.0103. The molecule has 0 aliphatic heterocycles. The third kappa shape index (κ3) is 4.89. The summed E-state index contributed by atoms with van der Waals surface area (Å²) < 4.78 is 0. The molecule has 0 atom stereocenters. The number of benzene rings is 1. The van der Waals surface area contributed by atoms with Gasteiger partial charge in [-0.05, 0) is 30.9 Å². The van der Waals surface area contributed by atoms with Crippen LogP contribution in [0.5, 0.6) is 0 Å². The molecule has 0 saturated heterocycles. The average Bonchev–Trinajstić information content (AvgIpc) is 3.22. The summed E-state index contributed by atoms with van der Waals surface area (Å²) in [5.74, 6) is 0.0103. The maximum atomic E-state index is 12.1. The molecule has 25 heavy (non-hydrogen) atoms. The summed E-state index contributed by atoms with van der Waals surface area (Å²) in [5.41, 5.74) is 2.41. The second-order valence-corrected chi connectivity index (χ2v) is 7.28. The van der Waals surface area contributed by atoms with Gasteiger partial charge in [0.1, 0.15) is 5.01 Å². The lowest BCUT2D eigenvalue weighted by atomic mass is 10.1. The Morgan fingerprint density at radius 2 is 2.04 bits per heavy atom. The number of nitrogens with one attached hydrogen (secondary N) is 2. The number of aryl methyl sites for hydroxylation is 2. The topological polar surface area (TPSA) is 70.7 Å². The van der Waals surface area contributed by atoms with Crippen LogP contribution in [0.3, 0.4) is 0 Å². The third-order valence-corrected chi connectivity index (χ3v) is 5.13. The van der Waals surface area contributed by atoms with Gasteiger partial charge in [0.2, 0.25) is 11.0 Å². The Morgan fingerprint density at radius 3 is 2.92 bits per heavy atom. The first-order chi connectivity index (χ1) is 12.3. The summed E-state index contributed by atoms with van der Waals surface area (Å²) in [5, 5.41) is 13.9. The van der Waals surface area contributed by atoms with Crippen molar-refractivity contribution in [2.45, 2.75) is 51.9 Å². The molecular formula is C19H24N4OS. The zero-order valence-corrected chi connectivity index (χ0v) is 15.4. The van der Waals surface area contributed by atoms with Crippen molar-refractivity contribution >= 4 is 33.3 Å². The number of anilines is 1. The van der Waals surface area contributed by atoms with E-state index in [1.165, 1.54) is 35.1 Å². The number of aromatic nitrogens is 3. The number of carbonyl (C=O) groups excluding carboxylic acids is 1. The summed E-state index contributed by atoms with van der Waals surface area (Å²) in [6, 6.07) is 8.25. The van der Waals surface area contributed by atoms with E-state index in [-0.39, 0.29) is 5.91 Å². The predicted octanol–water partition coefficient (Wildman–Crippen LogP) is 4.71. The van der Waals surface area contributed by atoms with Crippen LogP contribution in [0, 0.1) is 0 Å². The molecule has 0 fully saturated rings. The van der Waals surface area contributed by atoms with Gasteiger partial charge in [-0.1, -0.05) is 49.3 Å². The van der Waals surface area contributed by atoms with Gasteiger partial charge in [-0.2, -0.15) is 0 Å². The number of rotatable bonds is 9. The van der Waals surface area contributed by atoms with Gasteiger partial charge in [0.15, 0.2) is 0 Å². The van der Waals surface area contributed by atoms with E-state index >= 15 is 0 Å². The average molecular weight is 356 g/mol. The molecule has 0 bridgehead atoms. The maximum Gasteiger partial charge on any atom is 0.226 e. The first kappa shape index (κ1) is 17.6. The van der Waals surface area contributed by atoms with E-state index in [0.29, 0.717) is 11.6 Å². The van der Waals surface area contributed by atoms with Crippen molar-refractivity contribution in [1.82, 2.24) is 15.2 Å². The standard InChI is InChI=1S/C19H24N4OS/c1-2-3-4-12-18-22-23-19(25-18)21-17(24)11-7-8-14-13-20-16-10-6-5-9-15(14)16/h5-6,9-10,13,20H,2-4,7-8,11-12H2,1H3,(H,21,23,24). The van der Waals surface area contributed by atoms with Crippen LogP contribution in [0.25, 0.3) is 10.9 Å². The molecule has 132 valence electrons.